The summed E-state index contributed by atoms with van der Waals surface area (Å²) in [5.74, 6) is -0.372. The number of morpholine rings is 1. The van der Waals surface area contributed by atoms with E-state index in [4.69, 9.17) is 4.74 Å². The van der Waals surface area contributed by atoms with Gasteiger partial charge in [0.1, 0.15) is 5.54 Å². The number of imide groups is 1. The molecule has 3 amide bonds. The Morgan fingerprint density at radius 3 is 2.42 bits per heavy atom. The number of carbonyl (C=O) groups is 2. The van der Waals surface area contributed by atoms with Gasteiger partial charge in [-0.05, 0) is 37.1 Å². The van der Waals surface area contributed by atoms with Gasteiger partial charge in [0.2, 0.25) is 10.0 Å². The summed E-state index contributed by atoms with van der Waals surface area (Å²) in [4.78, 5) is 27.1. The number of ether oxygens (including phenoxy) is 1. The number of hydrogen-bond donors (Lipinski definition) is 1. The minimum Gasteiger partial charge on any atom is -0.379 e. The first-order valence-corrected chi connectivity index (χ1v) is 11.5. The van der Waals surface area contributed by atoms with Gasteiger partial charge in [-0.15, -0.1) is 0 Å². The largest absolute Gasteiger partial charge is 0.379 e. The second-order valence-electron chi connectivity index (χ2n) is 7.98. The lowest BCUT2D eigenvalue weighted by molar-refractivity contribution is -0.131. The van der Waals surface area contributed by atoms with E-state index in [0.717, 1.165) is 10.5 Å². The summed E-state index contributed by atoms with van der Waals surface area (Å²) in [6.45, 7) is 4.93. The maximum absolute atomic E-state index is 13.2. The molecular weight excluding hydrogens is 418 g/mol. The maximum Gasteiger partial charge on any atom is 0.325 e. The summed E-state index contributed by atoms with van der Waals surface area (Å²) in [7, 11) is -3.67. The molecule has 2 aliphatic heterocycles. The van der Waals surface area contributed by atoms with Crippen molar-refractivity contribution in [3.63, 3.8) is 0 Å². The third kappa shape index (κ3) is 3.96. The van der Waals surface area contributed by atoms with Crippen molar-refractivity contribution < 1.29 is 22.7 Å². The number of carbonyl (C=O) groups excluding carboxylic acids is 2. The minimum absolute atomic E-state index is 0.0153. The Labute approximate surface area is 181 Å². The Morgan fingerprint density at radius 1 is 1.06 bits per heavy atom. The van der Waals surface area contributed by atoms with Gasteiger partial charge in [-0.25, -0.2) is 13.2 Å². The fourth-order valence-corrected chi connectivity index (χ4v) is 5.32. The normalized spacial score (nSPS) is 22.6. The summed E-state index contributed by atoms with van der Waals surface area (Å²) in [6.07, 6.45) is 0. The number of nitrogens with zero attached hydrogens (tertiary/aromatic N) is 2. The molecule has 8 nitrogen and oxygen atoms in total. The van der Waals surface area contributed by atoms with Crippen LogP contribution in [-0.2, 0) is 31.6 Å². The van der Waals surface area contributed by atoms with Crippen LogP contribution in [0.2, 0.25) is 0 Å². The molecule has 1 N–H and O–H groups in total. The molecular formula is C22H25N3O5S. The highest BCUT2D eigenvalue weighted by atomic mass is 32.2. The average molecular weight is 444 g/mol. The van der Waals surface area contributed by atoms with E-state index in [9.17, 15) is 18.0 Å². The lowest BCUT2D eigenvalue weighted by Crippen LogP contribution is -2.41. The van der Waals surface area contributed by atoms with Crippen molar-refractivity contribution in [2.24, 2.45) is 0 Å². The number of nitrogens with one attached hydrogen (secondary N) is 1. The first kappa shape index (κ1) is 21.5. The van der Waals surface area contributed by atoms with E-state index in [1.807, 2.05) is 31.2 Å². The van der Waals surface area contributed by atoms with Crippen molar-refractivity contribution in [3.8, 4) is 0 Å². The zero-order valence-electron chi connectivity index (χ0n) is 17.5. The lowest BCUT2D eigenvalue weighted by Gasteiger charge is -2.26. The second kappa shape index (κ2) is 8.07. The maximum atomic E-state index is 13.2. The molecule has 0 saturated carbocycles. The molecule has 0 bridgehead atoms. The number of sulfonamides is 1. The third-order valence-corrected chi connectivity index (χ3v) is 7.65. The molecule has 1 atom stereocenters. The number of rotatable bonds is 5. The van der Waals surface area contributed by atoms with Crippen molar-refractivity contribution in [1.82, 2.24) is 14.5 Å². The van der Waals surface area contributed by atoms with E-state index >= 15 is 0 Å². The smallest absolute Gasteiger partial charge is 0.325 e. The van der Waals surface area contributed by atoms with E-state index in [2.05, 4.69) is 5.32 Å². The highest BCUT2D eigenvalue weighted by molar-refractivity contribution is 7.89. The van der Waals surface area contributed by atoms with Gasteiger partial charge in [0.05, 0.1) is 24.7 Å². The SMILES string of the molecule is Cc1ccc([C@]2(C)NC(=O)N(Cc3cccc(S(=O)(=O)N4CCOCC4)c3)C2=O)cc1. The van der Waals surface area contributed by atoms with Crippen LogP contribution in [0.25, 0.3) is 0 Å². The highest BCUT2D eigenvalue weighted by Crippen LogP contribution is 2.30. The molecule has 2 aromatic carbocycles. The van der Waals surface area contributed by atoms with Crippen LogP contribution >= 0.6 is 0 Å². The molecule has 2 saturated heterocycles. The van der Waals surface area contributed by atoms with E-state index in [-0.39, 0.29) is 17.3 Å². The van der Waals surface area contributed by atoms with E-state index < -0.39 is 21.6 Å². The monoisotopic (exact) mass is 443 g/mol. The summed E-state index contributed by atoms with van der Waals surface area (Å²) in [5, 5.41) is 2.78. The Hall–Kier alpha value is -2.75. The van der Waals surface area contributed by atoms with E-state index in [1.54, 1.807) is 19.1 Å². The predicted octanol–water partition coefficient (Wildman–Crippen LogP) is 1.98. The van der Waals surface area contributed by atoms with Crippen molar-refractivity contribution in [3.05, 3.63) is 65.2 Å². The van der Waals surface area contributed by atoms with E-state index in [1.165, 1.54) is 16.4 Å². The molecule has 9 heteroatoms. The fraction of sp³-hybridized carbons (Fsp3) is 0.364. The first-order chi connectivity index (χ1) is 14.7. The van der Waals surface area contributed by atoms with Crippen LogP contribution in [0.15, 0.2) is 53.4 Å². The molecule has 0 radical (unpaired) electrons. The number of aryl methyl sites for hydroxylation is 1. The van der Waals surface area contributed by atoms with Crippen LogP contribution in [0.1, 0.15) is 23.6 Å². The van der Waals surface area contributed by atoms with Gasteiger partial charge in [-0.1, -0.05) is 42.0 Å². The van der Waals surface area contributed by atoms with Gasteiger partial charge >= 0.3 is 6.03 Å². The molecule has 2 fully saturated rings. The van der Waals surface area contributed by atoms with Gasteiger partial charge in [-0.3, -0.25) is 9.69 Å². The quantitative estimate of drug-likeness (QED) is 0.713. The third-order valence-electron chi connectivity index (χ3n) is 5.75. The number of urea groups is 1. The second-order valence-corrected chi connectivity index (χ2v) is 9.91. The Balaban J connectivity index is 1.57. The van der Waals surface area contributed by atoms with Crippen LogP contribution in [0.3, 0.4) is 0 Å². The standard InChI is InChI=1S/C22H25N3O5S/c1-16-6-8-18(9-7-16)22(2)20(26)25(21(27)23-22)15-17-4-3-5-19(14-17)31(28,29)24-10-12-30-13-11-24/h3-9,14H,10-13,15H2,1-2H3,(H,23,27)/t22-/m0/s1. The van der Waals surface area contributed by atoms with Crippen LogP contribution in [0.5, 0.6) is 0 Å². The Morgan fingerprint density at radius 2 is 1.74 bits per heavy atom. The van der Waals surface area contributed by atoms with Gasteiger partial charge < -0.3 is 10.1 Å². The van der Waals surface area contributed by atoms with Gasteiger partial charge in [-0.2, -0.15) is 4.31 Å². The first-order valence-electron chi connectivity index (χ1n) is 10.1. The molecule has 31 heavy (non-hydrogen) atoms. The molecule has 4 rings (SSSR count). The van der Waals surface area contributed by atoms with E-state index in [0.29, 0.717) is 37.4 Å². The zero-order valence-corrected chi connectivity index (χ0v) is 18.3. The van der Waals surface area contributed by atoms with Crippen LogP contribution < -0.4 is 5.32 Å². The van der Waals surface area contributed by atoms with Crippen molar-refractivity contribution in [2.45, 2.75) is 30.8 Å². The van der Waals surface area contributed by atoms with Crippen molar-refractivity contribution in [2.75, 3.05) is 26.3 Å². The summed E-state index contributed by atoms with van der Waals surface area (Å²) >= 11 is 0. The predicted molar refractivity (Wildman–Crippen MR) is 114 cm³/mol. The Kier molecular flexibility index (Phi) is 5.59. The molecule has 164 valence electrons. The summed E-state index contributed by atoms with van der Waals surface area (Å²) in [5.41, 5.74) is 1.15. The van der Waals surface area contributed by atoms with Gasteiger partial charge in [0.15, 0.2) is 0 Å². The van der Waals surface area contributed by atoms with Gasteiger partial charge in [0, 0.05) is 13.1 Å². The molecule has 2 aromatic rings. The molecule has 0 unspecified atom stereocenters. The Bertz CT molecular complexity index is 1110. The molecule has 2 aliphatic rings. The van der Waals surface area contributed by atoms with Crippen LogP contribution in [-0.4, -0.2) is 55.9 Å². The molecule has 2 heterocycles. The number of benzene rings is 2. The van der Waals surface area contributed by atoms with Crippen molar-refractivity contribution in [1.29, 1.82) is 0 Å². The molecule has 0 spiro atoms. The average Bonchev–Trinajstić information content (AvgIpc) is 2.99. The highest BCUT2D eigenvalue weighted by Gasteiger charge is 2.48. The topological polar surface area (TPSA) is 96.0 Å². The fourth-order valence-electron chi connectivity index (χ4n) is 3.85. The number of amides is 3. The zero-order chi connectivity index (χ0) is 22.2. The number of hydrogen-bond acceptors (Lipinski definition) is 5. The van der Waals surface area contributed by atoms with Crippen LogP contribution in [0.4, 0.5) is 4.79 Å². The summed E-state index contributed by atoms with van der Waals surface area (Å²) < 4.78 is 32.5. The summed E-state index contributed by atoms with van der Waals surface area (Å²) in [6, 6.07) is 13.3. The lowest BCUT2D eigenvalue weighted by atomic mass is 9.91. The molecule has 0 aliphatic carbocycles. The minimum atomic E-state index is -3.67. The molecule has 0 aromatic heterocycles. The van der Waals surface area contributed by atoms with Crippen molar-refractivity contribution >= 4 is 22.0 Å². The van der Waals surface area contributed by atoms with Gasteiger partial charge in [0.25, 0.3) is 5.91 Å². The van der Waals surface area contributed by atoms with Crippen LogP contribution in [0, 0.1) is 6.92 Å².